The van der Waals surface area contributed by atoms with E-state index in [1.54, 1.807) is 0 Å². The summed E-state index contributed by atoms with van der Waals surface area (Å²) in [5.41, 5.74) is 8.38. The molecule has 96 valence electrons. The maximum atomic E-state index is 5.76. The van der Waals surface area contributed by atoms with Crippen LogP contribution in [0, 0.1) is 0 Å². The fourth-order valence-electron chi connectivity index (χ4n) is 1.84. The zero-order chi connectivity index (χ0) is 12.7. The molecular formula is C14H25N3. The van der Waals surface area contributed by atoms with Crippen LogP contribution in [0.15, 0.2) is 24.3 Å². The number of nitrogens with zero attached hydrogens (tertiary/aromatic N) is 2. The summed E-state index contributed by atoms with van der Waals surface area (Å²) in [6.07, 6.45) is 0. The molecule has 1 rings (SSSR count). The van der Waals surface area contributed by atoms with Gasteiger partial charge in [0.2, 0.25) is 0 Å². The summed E-state index contributed by atoms with van der Waals surface area (Å²) in [5.74, 6) is 0. The van der Waals surface area contributed by atoms with Crippen molar-refractivity contribution < 1.29 is 0 Å². The molecule has 0 aromatic heterocycles. The summed E-state index contributed by atoms with van der Waals surface area (Å²) < 4.78 is 0. The molecule has 0 fully saturated rings. The molecule has 0 saturated carbocycles. The second-order valence-electron chi connectivity index (χ2n) is 4.64. The van der Waals surface area contributed by atoms with Crippen molar-refractivity contribution in [1.29, 1.82) is 0 Å². The number of hydrogen-bond acceptors (Lipinski definition) is 3. The molecule has 3 nitrogen and oxygen atoms in total. The Labute approximate surface area is 105 Å². The first-order valence-corrected chi connectivity index (χ1v) is 6.31. The molecule has 3 heteroatoms. The van der Waals surface area contributed by atoms with Crippen molar-refractivity contribution in [2.24, 2.45) is 5.73 Å². The van der Waals surface area contributed by atoms with Crippen LogP contribution in [0.1, 0.15) is 18.1 Å². The number of rotatable bonds is 7. The fourth-order valence-corrected chi connectivity index (χ4v) is 1.84. The molecule has 0 aliphatic heterocycles. The second-order valence-corrected chi connectivity index (χ2v) is 4.64. The molecule has 0 aliphatic rings. The summed E-state index contributed by atoms with van der Waals surface area (Å²) in [4.78, 5) is 4.67. The molecule has 0 saturated heterocycles. The van der Waals surface area contributed by atoms with E-state index >= 15 is 0 Å². The zero-order valence-electron chi connectivity index (χ0n) is 11.3. The van der Waals surface area contributed by atoms with Gasteiger partial charge in [-0.2, -0.15) is 0 Å². The van der Waals surface area contributed by atoms with E-state index in [1.807, 2.05) is 0 Å². The smallest absolute Gasteiger partial charge is 0.0237 e. The quantitative estimate of drug-likeness (QED) is 0.778. The summed E-state index contributed by atoms with van der Waals surface area (Å²) in [6.45, 7) is 7.10. The highest BCUT2D eigenvalue weighted by atomic mass is 15.2. The van der Waals surface area contributed by atoms with Crippen LogP contribution in [0.4, 0.5) is 0 Å². The summed E-state index contributed by atoms with van der Waals surface area (Å²) in [7, 11) is 4.23. The van der Waals surface area contributed by atoms with E-state index in [1.165, 1.54) is 11.1 Å². The van der Waals surface area contributed by atoms with Gasteiger partial charge in [-0.1, -0.05) is 31.2 Å². The van der Waals surface area contributed by atoms with Gasteiger partial charge < -0.3 is 10.6 Å². The lowest BCUT2D eigenvalue weighted by molar-refractivity contribution is 0.243. The summed E-state index contributed by atoms with van der Waals surface area (Å²) >= 11 is 0. The van der Waals surface area contributed by atoms with Crippen molar-refractivity contribution in [2.75, 3.05) is 33.7 Å². The molecule has 0 bridgehead atoms. The lowest BCUT2D eigenvalue weighted by Crippen LogP contribution is -2.31. The summed E-state index contributed by atoms with van der Waals surface area (Å²) in [6, 6.07) is 8.45. The topological polar surface area (TPSA) is 32.5 Å². The lowest BCUT2D eigenvalue weighted by Gasteiger charge is -2.23. The van der Waals surface area contributed by atoms with E-state index in [0.29, 0.717) is 6.54 Å². The molecule has 0 spiro atoms. The van der Waals surface area contributed by atoms with Crippen LogP contribution in [0.25, 0.3) is 0 Å². The van der Waals surface area contributed by atoms with Crippen LogP contribution < -0.4 is 5.73 Å². The molecule has 17 heavy (non-hydrogen) atoms. The van der Waals surface area contributed by atoms with E-state index in [4.69, 9.17) is 5.73 Å². The minimum atomic E-state index is 0.626. The average molecular weight is 235 g/mol. The highest BCUT2D eigenvalue weighted by molar-refractivity contribution is 5.26. The van der Waals surface area contributed by atoms with Crippen molar-refractivity contribution in [3.63, 3.8) is 0 Å². The largest absolute Gasteiger partial charge is 0.326 e. The highest BCUT2D eigenvalue weighted by Gasteiger charge is 2.06. The normalized spacial score (nSPS) is 11.4. The molecular weight excluding hydrogens is 210 g/mol. The number of likely N-dealkylation sites (N-methyl/N-ethyl adjacent to an activating group) is 2. The predicted molar refractivity (Wildman–Crippen MR) is 73.8 cm³/mol. The summed E-state index contributed by atoms with van der Waals surface area (Å²) in [5, 5.41) is 0. The van der Waals surface area contributed by atoms with E-state index < -0.39 is 0 Å². The third-order valence-corrected chi connectivity index (χ3v) is 3.04. The Balaban J connectivity index is 2.60. The van der Waals surface area contributed by atoms with E-state index in [2.05, 4.69) is 55.1 Å². The highest BCUT2D eigenvalue weighted by Crippen LogP contribution is 2.10. The Bertz CT molecular complexity index is 323. The Hall–Kier alpha value is -0.900. The number of nitrogens with two attached hydrogens (primary N) is 1. The van der Waals surface area contributed by atoms with Crippen molar-refractivity contribution >= 4 is 0 Å². The Kier molecular flexibility index (Phi) is 6.19. The average Bonchev–Trinajstić information content (AvgIpc) is 2.34. The van der Waals surface area contributed by atoms with Crippen LogP contribution in [0.3, 0.4) is 0 Å². The SMILES string of the molecule is CCN(CCN(C)C)Cc1ccccc1CN. The van der Waals surface area contributed by atoms with E-state index in [0.717, 1.165) is 26.2 Å². The Morgan fingerprint density at radius 1 is 1.06 bits per heavy atom. The van der Waals surface area contributed by atoms with Gasteiger partial charge in [-0.05, 0) is 31.8 Å². The third kappa shape index (κ3) is 4.86. The van der Waals surface area contributed by atoms with Crippen molar-refractivity contribution in [3.8, 4) is 0 Å². The molecule has 1 aromatic carbocycles. The first-order valence-electron chi connectivity index (χ1n) is 6.31. The molecule has 0 radical (unpaired) electrons. The Morgan fingerprint density at radius 2 is 1.71 bits per heavy atom. The minimum absolute atomic E-state index is 0.626. The van der Waals surface area contributed by atoms with Crippen LogP contribution in [-0.2, 0) is 13.1 Å². The Morgan fingerprint density at radius 3 is 2.24 bits per heavy atom. The van der Waals surface area contributed by atoms with Gasteiger partial charge in [0, 0.05) is 26.2 Å². The predicted octanol–water partition coefficient (Wildman–Crippen LogP) is 1.53. The van der Waals surface area contributed by atoms with Gasteiger partial charge >= 0.3 is 0 Å². The van der Waals surface area contributed by atoms with Crippen LogP contribution >= 0.6 is 0 Å². The monoisotopic (exact) mass is 235 g/mol. The van der Waals surface area contributed by atoms with Gasteiger partial charge in [-0.3, -0.25) is 4.90 Å². The first-order chi connectivity index (χ1) is 8.17. The molecule has 1 aromatic rings. The van der Waals surface area contributed by atoms with E-state index in [-0.39, 0.29) is 0 Å². The molecule has 0 atom stereocenters. The van der Waals surface area contributed by atoms with Gasteiger partial charge in [-0.25, -0.2) is 0 Å². The number of hydrogen-bond donors (Lipinski definition) is 1. The third-order valence-electron chi connectivity index (χ3n) is 3.04. The molecule has 0 unspecified atom stereocenters. The van der Waals surface area contributed by atoms with E-state index in [9.17, 15) is 0 Å². The maximum absolute atomic E-state index is 5.76. The van der Waals surface area contributed by atoms with Crippen molar-refractivity contribution in [1.82, 2.24) is 9.80 Å². The van der Waals surface area contributed by atoms with Crippen molar-refractivity contribution in [2.45, 2.75) is 20.0 Å². The van der Waals surface area contributed by atoms with Gasteiger partial charge in [-0.15, -0.1) is 0 Å². The number of benzene rings is 1. The lowest BCUT2D eigenvalue weighted by atomic mass is 10.1. The zero-order valence-corrected chi connectivity index (χ0v) is 11.3. The van der Waals surface area contributed by atoms with Crippen molar-refractivity contribution in [3.05, 3.63) is 35.4 Å². The second kappa shape index (κ2) is 7.43. The van der Waals surface area contributed by atoms with Gasteiger partial charge in [0.05, 0.1) is 0 Å². The van der Waals surface area contributed by atoms with Gasteiger partial charge in [0.25, 0.3) is 0 Å². The standard InChI is InChI=1S/C14H25N3/c1-4-17(10-9-16(2)3)12-14-8-6-5-7-13(14)11-15/h5-8H,4,9-12,15H2,1-3H3. The van der Waals surface area contributed by atoms with Crippen LogP contribution in [-0.4, -0.2) is 43.5 Å². The van der Waals surface area contributed by atoms with Crippen LogP contribution in [0.5, 0.6) is 0 Å². The van der Waals surface area contributed by atoms with Crippen LogP contribution in [0.2, 0.25) is 0 Å². The molecule has 0 amide bonds. The molecule has 0 heterocycles. The first kappa shape index (κ1) is 14.2. The molecule has 0 aliphatic carbocycles. The fraction of sp³-hybridized carbons (Fsp3) is 0.571. The molecule has 2 N–H and O–H groups in total. The van der Waals surface area contributed by atoms with Gasteiger partial charge in [0.1, 0.15) is 0 Å². The van der Waals surface area contributed by atoms with Gasteiger partial charge in [0.15, 0.2) is 0 Å². The maximum Gasteiger partial charge on any atom is 0.0237 e. The minimum Gasteiger partial charge on any atom is -0.326 e.